The molecular weight excluding hydrogens is 325 g/mol. The summed E-state index contributed by atoms with van der Waals surface area (Å²) in [4.78, 5) is 30.3. The monoisotopic (exact) mass is 349 g/mol. The SMILES string of the molecule is CC1CN(C(=O)C(=O)N2CCN(c3ccc(F)cc3)CC2)CC(C)O1. The van der Waals surface area contributed by atoms with Gasteiger partial charge in [0, 0.05) is 45.0 Å². The smallest absolute Gasteiger partial charge is 0.312 e. The lowest BCUT2D eigenvalue weighted by Crippen LogP contribution is -2.56. The summed E-state index contributed by atoms with van der Waals surface area (Å²) in [7, 11) is 0. The molecule has 2 saturated heterocycles. The van der Waals surface area contributed by atoms with Crippen LogP contribution in [-0.2, 0) is 14.3 Å². The van der Waals surface area contributed by atoms with Crippen LogP contribution in [0.4, 0.5) is 10.1 Å². The second kappa shape index (κ2) is 7.39. The Bertz CT molecular complexity index is 619. The number of carbonyl (C=O) groups excluding carboxylic acids is 2. The van der Waals surface area contributed by atoms with Crippen LogP contribution in [0.5, 0.6) is 0 Å². The van der Waals surface area contributed by atoms with E-state index in [0.29, 0.717) is 39.3 Å². The number of anilines is 1. The van der Waals surface area contributed by atoms with Gasteiger partial charge in [0.05, 0.1) is 12.2 Å². The Hall–Kier alpha value is -2.15. The summed E-state index contributed by atoms with van der Waals surface area (Å²) < 4.78 is 18.6. The molecule has 2 atom stereocenters. The van der Waals surface area contributed by atoms with Crippen LogP contribution in [0.1, 0.15) is 13.8 Å². The highest BCUT2D eigenvalue weighted by molar-refractivity contribution is 6.35. The molecule has 7 heteroatoms. The first-order valence-electron chi connectivity index (χ1n) is 8.68. The Morgan fingerprint density at radius 3 is 2.00 bits per heavy atom. The molecule has 0 radical (unpaired) electrons. The minimum Gasteiger partial charge on any atom is -0.372 e. The molecule has 136 valence electrons. The van der Waals surface area contributed by atoms with Gasteiger partial charge < -0.3 is 19.4 Å². The maximum Gasteiger partial charge on any atom is 0.312 e. The number of halogens is 1. The van der Waals surface area contributed by atoms with Crippen LogP contribution in [0, 0.1) is 5.82 Å². The second-order valence-corrected chi connectivity index (χ2v) is 6.72. The fraction of sp³-hybridized carbons (Fsp3) is 0.556. The first kappa shape index (κ1) is 17.7. The van der Waals surface area contributed by atoms with Crippen molar-refractivity contribution in [3.8, 4) is 0 Å². The molecule has 0 N–H and O–H groups in total. The average Bonchev–Trinajstić information content (AvgIpc) is 2.60. The summed E-state index contributed by atoms with van der Waals surface area (Å²) in [6.07, 6.45) is -0.119. The molecule has 0 spiro atoms. The normalized spacial score (nSPS) is 24.4. The number of carbonyl (C=O) groups is 2. The molecule has 2 aliphatic rings. The molecule has 0 bridgehead atoms. The highest BCUT2D eigenvalue weighted by Crippen LogP contribution is 2.18. The van der Waals surface area contributed by atoms with Gasteiger partial charge in [0.2, 0.25) is 0 Å². The molecule has 0 aromatic heterocycles. The number of hydrogen-bond donors (Lipinski definition) is 0. The highest BCUT2D eigenvalue weighted by Gasteiger charge is 2.33. The van der Waals surface area contributed by atoms with Gasteiger partial charge >= 0.3 is 11.8 Å². The summed E-state index contributed by atoms with van der Waals surface area (Å²) in [5.74, 6) is -1.16. The fourth-order valence-electron chi connectivity index (χ4n) is 3.43. The quantitative estimate of drug-likeness (QED) is 0.713. The van der Waals surface area contributed by atoms with E-state index in [9.17, 15) is 14.0 Å². The predicted octanol–water partition coefficient (Wildman–Crippen LogP) is 1.11. The minimum absolute atomic E-state index is 0.0594. The zero-order chi connectivity index (χ0) is 18.0. The summed E-state index contributed by atoms with van der Waals surface area (Å²) in [6, 6.07) is 6.32. The Morgan fingerprint density at radius 1 is 0.920 bits per heavy atom. The molecule has 0 aliphatic carbocycles. The van der Waals surface area contributed by atoms with Gasteiger partial charge in [0.15, 0.2) is 0 Å². The van der Waals surface area contributed by atoms with Crippen molar-refractivity contribution in [2.75, 3.05) is 44.2 Å². The molecule has 25 heavy (non-hydrogen) atoms. The molecule has 2 unspecified atom stereocenters. The molecule has 1 aromatic carbocycles. The molecular formula is C18H24FN3O3. The summed E-state index contributed by atoms with van der Waals surface area (Å²) in [6.45, 7) is 6.93. The molecule has 2 amide bonds. The third kappa shape index (κ3) is 4.10. The van der Waals surface area contributed by atoms with Crippen molar-refractivity contribution in [1.82, 2.24) is 9.80 Å². The van der Waals surface area contributed by atoms with E-state index in [0.717, 1.165) is 5.69 Å². The Labute approximate surface area is 147 Å². The van der Waals surface area contributed by atoms with Crippen LogP contribution in [0.3, 0.4) is 0 Å². The minimum atomic E-state index is -0.447. The molecule has 6 nitrogen and oxygen atoms in total. The van der Waals surface area contributed by atoms with E-state index in [2.05, 4.69) is 4.90 Å². The van der Waals surface area contributed by atoms with Gasteiger partial charge in [-0.15, -0.1) is 0 Å². The van der Waals surface area contributed by atoms with Gasteiger partial charge in [0.25, 0.3) is 0 Å². The van der Waals surface area contributed by atoms with Crippen molar-refractivity contribution in [3.63, 3.8) is 0 Å². The lowest BCUT2D eigenvalue weighted by molar-refractivity contribution is -0.158. The molecule has 1 aromatic rings. The lowest BCUT2D eigenvalue weighted by atomic mass is 10.2. The van der Waals surface area contributed by atoms with Gasteiger partial charge in [-0.25, -0.2) is 4.39 Å². The van der Waals surface area contributed by atoms with Crippen molar-refractivity contribution < 1.29 is 18.7 Å². The van der Waals surface area contributed by atoms with Gasteiger partial charge in [0.1, 0.15) is 5.82 Å². The number of hydrogen-bond acceptors (Lipinski definition) is 4. The topological polar surface area (TPSA) is 53.1 Å². The van der Waals surface area contributed by atoms with Gasteiger partial charge in [-0.05, 0) is 38.1 Å². The van der Waals surface area contributed by atoms with Crippen LogP contribution in [0.15, 0.2) is 24.3 Å². The van der Waals surface area contributed by atoms with E-state index >= 15 is 0 Å². The van der Waals surface area contributed by atoms with Crippen molar-refractivity contribution in [2.24, 2.45) is 0 Å². The van der Waals surface area contributed by atoms with E-state index < -0.39 is 11.8 Å². The van der Waals surface area contributed by atoms with E-state index in [-0.39, 0.29) is 18.0 Å². The summed E-state index contributed by atoms with van der Waals surface area (Å²) in [5, 5.41) is 0. The number of rotatable bonds is 1. The standard InChI is InChI=1S/C18H24FN3O3/c1-13-11-22(12-14(2)25-13)18(24)17(23)21-9-7-20(8-10-21)16-5-3-15(19)4-6-16/h3-6,13-14H,7-12H2,1-2H3. The Balaban J connectivity index is 1.56. The highest BCUT2D eigenvalue weighted by atomic mass is 19.1. The first-order chi connectivity index (χ1) is 11.9. The second-order valence-electron chi connectivity index (χ2n) is 6.72. The third-order valence-electron chi connectivity index (χ3n) is 4.65. The Kier molecular flexibility index (Phi) is 5.22. The van der Waals surface area contributed by atoms with Crippen LogP contribution >= 0.6 is 0 Å². The number of morpholine rings is 1. The molecule has 2 aliphatic heterocycles. The number of amides is 2. The van der Waals surface area contributed by atoms with Gasteiger partial charge in [-0.1, -0.05) is 0 Å². The van der Waals surface area contributed by atoms with Crippen molar-refractivity contribution >= 4 is 17.5 Å². The van der Waals surface area contributed by atoms with Gasteiger partial charge in [-0.3, -0.25) is 9.59 Å². The third-order valence-corrected chi connectivity index (χ3v) is 4.65. The average molecular weight is 349 g/mol. The number of benzene rings is 1. The zero-order valence-electron chi connectivity index (χ0n) is 14.7. The maximum atomic E-state index is 13.0. The van der Waals surface area contributed by atoms with Crippen molar-refractivity contribution in [3.05, 3.63) is 30.1 Å². The van der Waals surface area contributed by atoms with E-state index in [4.69, 9.17) is 4.74 Å². The number of nitrogens with zero attached hydrogens (tertiary/aromatic N) is 3. The summed E-state index contributed by atoms with van der Waals surface area (Å²) >= 11 is 0. The molecule has 3 rings (SSSR count). The van der Waals surface area contributed by atoms with Crippen molar-refractivity contribution in [2.45, 2.75) is 26.1 Å². The van der Waals surface area contributed by atoms with E-state index in [1.807, 2.05) is 13.8 Å². The fourth-order valence-corrected chi connectivity index (χ4v) is 3.43. The molecule has 2 fully saturated rings. The lowest BCUT2D eigenvalue weighted by Gasteiger charge is -2.38. The largest absolute Gasteiger partial charge is 0.372 e. The maximum absolute atomic E-state index is 13.0. The van der Waals surface area contributed by atoms with Crippen molar-refractivity contribution in [1.29, 1.82) is 0 Å². The first-order valence-corrected chi connectivity index (χ1v) is 8.68. The van der Waals surface area contributed by atoms with Crippen LogP contribution in [0.2, 0.25) is 0 Å². The van der Waals surface area contributed by atoms with E-state index in [1.54, 1.807) is 21.9 Å². The number of ether oxygens (including phenoxy) is 1. The molecule has 0 saturated carbocycles. The Morgan fingerprint density at radius 2 is 1.44 bits per heavy atom. The van der Waals surface area contributed by atoms with Gasteiger partial charge in [-0.2, -0.15) is 0 Å². The van der Waals surface area contributed by atoms with Crippen LogP contribution in [0.25, 0.3) is 0 Å². The predicted molar refractivity (Wildman–Crippen MR) is 91.8 cm³/mol. The van der Waals surface area contributed by atoms with Crippen LogP contribution in [-0.4, -0.2) is 73.1 Å². The van der Waals surface area contributed by atoms with Crippen LogP contribution < -0.4 is 4.90 Å². The summed E-state index contributed by atoms with van der Waals surface area (Å²) in [5.41, 5.74) is 0.927. The van der Waals surface area contributed by atoms with E-state index in [1.165, 1.54) is 12.1 Å². The number of piperazine rings is 1. The molecule has 2 heterocycles. The zero-order valence-corrected chi connectivity index (χ0v) is 14.7.